The lowest BCUT2D eigenvalue weighted by molar-refractivity contribution is -0.141. The van der Waals surface area contributed by atoms with Crippen LogP contribution in [0.1, 0.15) is 60.2 Å². The number of carbonyl (C=O) groups excluding carboxylic acids is 1. The van der Waals surface area contributed by atoms with E-state index in [4.69, 9.17) is 0 Å². The predicted octanol–water partition coefficient (Wildman–Crippen LogP) is 6.46. The highest BCUT2D eigenvalue weighted by Crippen LogP contribution is 2.38. The van der Waals surface area contributed by atoms with Crippen LogP contribution in [0.5, 0.6) is 0 Å². The number of fused-ring (bicyclic) bond motifs is 3. The smallest absolute Gasteiger partial charge is 0.416 e. The second-order valence-corrected chi connectivity index (χ2v) is 9.59. The van der Waals surface area contributed by atoms with E-state index in [2.05, 4.69) is 5.32 Å². The number of rotatable bonds is 7. The summed E-state index contributed by atoms with van der Waals surface area (Å²) in [5.74, 6) is -2.19. The van der Waals surface area contributed by atoms with Gasteiger partial charge in [-0.15, -0.1) is 0 Å². The van der Waals surface area contributed by atoms with E-state index in [0.717, 1.165) is 0 Å². The Morgan fingerprint density at radius 3 is 2.41 bits per heavy atom. The zero-order valence-corrected chi connectivity index (χ0v) is 20.7. The normalized spacial score (nSPS) is 16.7. The zero-order valence-electron chi connectivity index (χ0n) is 20.7. The summed E-state index contributed by atoms with van der Waals surface area (Å²) < 4.78 is 95.0. The second kappa shape index (κ2) is 10.5. The molecule has 0 fully saturated rings. The number of carboxylic acid groups (broad SMARTS) is 1. The van der Waals surface area contributed by atoms with Gasteiger partial charge in [0.2, 0.25) is 5.91 Å². The van der Waals surface area contributed by atoms with Crippen LogP contribution in [0.15, 0.2) is 36.4 Å². The van der Waals surface area contributed by atoms with E-state index in [1.54, 1.807) is 11.5 Å². The lowest BCUT2D eigenvalue weighted by atomic mass is 9.91. The van der Waals surface area contributed by atoms with E-state index < -0.39 is 71.7 Å². The fourth-order valence-electron chi connectivity index (χ4n) is 5.31. The van der Waals surface area contributed by atoms with Crippen molar-refractivity contribution in [2.75, 3.05) is 0 Å². The summed E-state index contributed by atoms with van der Waals surface area (Å²) in [6.45, 7) is 1.72. The van der Waals surface area contributed by atoms with Crippen LogP contribution < -0.4 is 5.32 Å². The topological polar surface area (TPSA) is 71.3 Å². The molecule has 0 aliphatic heterocycles. The molecule has 0 spiro atoms. The van der Waals surface area contributed by atoms with E-state index >= 15 is 0 Å². The van der Waals surface area contributed by atoms with Gasteiger partial charge in [-0.1, -0.05) is 6.92 Å². The molecule has 0 saturated carbocycles. The molecule has 2 N–H and O–H groups in total. The molecule has 1 aromatic heterocycles. The van der Waals surface area contributed by atoms with Crippen LogP contribution in [-0.2, 0) is 41.2 Å². The Morgan fingerprint density at radius 1 is 1.08 bits per heavy atom. The number of carboxylic acids is 1. The summed E-state index contributed by atoms with van der Waals surface area (Å²) in [4.78, 5) is 24.5. The summed E-state index contributed by atoms with van der Waals surface area (Å²) in [5.41, 5.74) is -1.15. The Morgan fingerprint density at radius 2 is 1.79 bits per heavy atom. The lowest BCUT2D eigenvalue weighted by Crippen LogP contribution is -2.39. The van der Waals surface area contributed by atoms with Crippen LogP contribution in [0.2, 0.25) is 0 Å². The van der Waals surface area contributed by atoms with Gasteiger partial charge in [0, 0.05) is 29.1 Å². The number of alkyl halides is 6. The number of benzene rings is 2. The summed E-state index contributed by atoms with van der Waals surface area (Å²) in [6, 6.07) is 3.85. The number of hydrogen-bond acceptors (Lipinski definition) is 2. The minimum atomic E-state index is -4.88. The van der Waals surface area contributed by atoms with Gasteiger partial charge in [0.15, 0.2) is 0 Å². The monoisotopic (exact) mass is 558 g/mol. The highest BCUT2D eigenvalue weighted by Gasteiger charge is 2.37. The van der Waals surface area contributed by atoms with Gasteiger partial charge in [-0.25, -0.2) is 9.18 Å². The molecule has 2 aromatic carbocycles. The molecule has 3 aromatic rings. The van der Waals surface area contributed by atoms with Crippen molar-refractivity contribution in [1.82, 2.24) is 9.88 Å². The van der Waals surface area contributed by atoms with Crippen LogP contribution in [0.4, 0.5) is 30.7 Å². The standard InChI is InChI=1S/C27H25F7N2O3/c1-2-21(25(38)39)36-22-8-5-16(28)12-18(22)19-13-17(6-9-23(19)36)35-24(37)10-3-14-11-15(26(29,30)31)4-7-20(14)27(32,33)34/h4-5,7-8,11-12,17,21H,2-3,6,9-10,13H2,1H3,(H,35,37)(H,38,39). The molecule has 0 saturated heterocycles. The van der Waals surface area contributed by atoms with E-state index in [1.165, 1.54) is 18.2 Å². The molecule has 1 aliphatic rings. The first-order chi connectivity index (χ1) is 18.2. The first-order valence-electron chi connectivity index (χ1n) is 12.3. The number of nitrogens with one attached hydrogen (secondary N) is 1. The van der Waals surface area contributed by atoms with Crippen LogP contribution in [0, 0.1) is 5.82 Å². The number of aromatic nitrogens is 1. The van der Waals surface area contributed by atoms with Crippen molar-refractivity contribution in [3.05, 3.63) is 70.2 Å². The lowest BCUT2D eigenvalue weighted by Gasteiger charge is -2.26. The molecule has 1 heterocycles. The van der Waals surface area contributed by atoms with Gasteiger partial charge in [0.05, 0.1) is 11.1 Å². The number of halogens is 7. The summed E-state index contributed by atoms with van der Waals surface area (Å²) in [7, 11) is 0. The van der Waals surface area contributed by atoms with Gasteiger partial charge in [-0.2, -0.15) is 26.3 Å². The molecule has 0 bridgehead atoms. The van der Waals surface area contributed by atoms with Crippen molar-refractivity contribution in [1.29, 1.82) is 0 Å². The predicted molar refractivity (Wildman–Crippen MR) is 128 cm³/mol. The maximum absolute atomic E-state index is 14.1. The van der Waals surface area contributed by atoms with Crippen LogP contribution >= 0.6 is 0 Å². The largest absolute Gasteiger partial charge is 0.480 e. The molecule has 12 heteroatoms. The van der Waals surface area contributed by atoms with Crippen molar-refractivity contribution in [3.63, 3.8) is 0 Å². The number of nitrogens with zero attached hydrogens (tertiary/aromatic N) is 1. The summed E-state index contributed by atoms with van der Waals surface area (Å²) >= 11 is 0. The van der Waals surface area contributed by atoms with Gasteiger partial charge < -0.3 is 15.0 Å². The Labute approximate surface area is 218 Å². The molecule has 1 aliphatic carbocycles. The molecular weight excluding hydrogens is 533 g/mol. The van der Waals surface area contributed by atoms with Crippen molar-refractivity contribution in [2.24, 2.45) is 0 Å². The van der Waals surface area contributed by atoms with Gasteiger partial charge in [0.1, 0.15) is 11.9 Å². The maximum atomic E-state index is 14.1. The van der Waals surface area contributed by atoms with Crippen molar-refractivity contribution in [3.8, 4) is 0 Å². The van der Waals surface area contributed by atoms with Gasteiger partial charge >= 0.3 is 18.3 Å². The molecule has 2 atom stereocenters. The van der Waals surface area contributed by atoms with E-state index in [0.29, 0.717) is 59.6 Å². The van der Waals surface area contributed by atoms with E-state index in [9.17, 15) is 45.4 Å². The third-order valence-electron chi connectivity index (χ3n) is 7.07. The molecule has 39 heavy (non-hydrogen) atoms. The minimum absolute atomic E-state index is 0.238. The van der Waals surface area contributed by atoms with Gasteiger partial charge in [-0.05, 0) is 79.6 Å². The number of aliphatic carboxylic acids is 1. The number of aryl methyl sites for hydroxylation is 1. The fraction of sp³-hybridized carbons (Fsp3) is 0.407. The second-order valence-electron chi connectivity index (χ2n) is 9.59. The van der Waals surface area contributed by atoms with E-state index in [-0.39, 0.29) is 6.42 Å². The molecule has 4 rings (SSSR count). The molecule has 1 amide bonds. The average molecular weight is 558 g/mol. The number of amides is 1. The Balaban J connectivity index is 1.54. The number of carbonyl (C=O) groups is 2. The Hall–Kier alpha value is -3.57. The quantitative estimate of drug-likeness (QED) is 0.327. The minimum Gasteiger partial charge on any atom is -0.480 e. The van der Waals surface area contributed by atoms with E-state index in [1.807, 2.05) is 0 Å². The van der Waals surface area contributed by atoms with Crippen molar-refractivity contribution >= 4 is 22.8 Å². The highest BCUT2D eigenvalue weighted by molar-refractivity contribution is 5.88. The molecule has 5 nitrogen and oxygen atoms in total. The van der Waals surface area contributed by atoms with Crippen LogP contribution in [-0.4, -0.2) is 27.6 Å². The van der Waals surface area contributed by atoms with Crippen molar-refractivity contribution < 1.29 is 45.4 Å². The van der Waals surface area contributed by atoms with Crippen molar-refractivity contribution in [2.45, 2.75) is 69.9 Å². The zero-order chi connectivity index (χ0) is 28.7. The Bertz CT molecular complexity index is 1410. The fourth-order valence-corrected chi connectivity index (χ4v) is 5.31. The average Bonchev–Trinajstić information content (AvgIpc) is 3.14. The first-order valence-corrected chi connectivity index (χ1v) is 12.3. The van der Waals surface area contributed by atoms with Gasteiger partial charge in [-0.3, -0.25) is 4.79 Å². The summed E-state index contributed by atoms with van der Waals surface area (Å²) in [6.07, 6.45) is -9.45. The van der Waals surface area contributed by atoms with Crippen LogP contribution in [0.3, 0.4) is 0 Å². The Kier molecular flexibility index (Phi) is 7.68. The maximum Gasteiger partial charge on any atom is 0.416 e. The molecule has 0 radical (unpaired) electrons. The number of hydrogen-bond donors (Lipinski definition) is 2. The highest BCUT2D eigenvalue weighted by atomic mass is 19.4. The van der Waals surface area contributed by atoms with Gasteiger partial charge in [0.25, 0.3) is 0 Å². The third kappa shape index (κ3) is 5.89. The van der Waals surface area contributed by atoms with Crippen LogP contribution in [0.25, 0.3) is 10.9 Å². The molecule has 210 valence electrons. The first kappa shape index (κ1) is 28.4. The molecule has 2 unspecified atom stereocenters. The molecular formula is C27H25F7N2O3. The SMILES string of the molecule is CCC(C(=O)O)n1c2c(c3cc(F)ccc31)CC(NC(=O)CCc1cc(C(F)(F)F)ccc1C(F)(F)F)CC2. The summed E-state index contributed by atoms with van der Waals surface area (Å²) in [5, 5.41) is 13.0. The third-order valence-corrected chi connectivity index (χ3v) is 7.07.